The van der Waals surface area contributed by atoms with E-state index in [1.807, 2.05) is 22.7 Å². The number of fused-ring (bicyclic) bond motifs is 1. The number of esters is 1. The van der Waals surface area contributed by atoms with Gasteiger partial charge >= 0.3 is 11.7 Å². The van der Waals surface area contributed by atoms with Crippen LogP contribution in [0.4, 0.5) is 5.69 Å². The number of nitro benzene ring substituents is 1. The van der Waals surface area contributed by atoms with E-state index in [2.05, 4.69) is 25.7 Å². The lowest BCUT2D eigenvalue weighted by molar-refractivity contribution is -0.386. The molecule has 3 rings (SSSR count). The van der Waals surface area contributed by atoms with E-state index >= 15 is 0 Å². The third kappa shape index (κ3) is 3.61. The molecule has 0 spiro atoms. The van der Waals surface area contributed by atoms with E-state index in [4.69, 9.17) is 4.74 Å². The fourth-order valence-electron chi connectivity index (χ4n) is 2.27. The number of hydrogen-bond acceptors (Lipinski definition) is 6. The molecule has 9 heteroatoms. The largest absolute Gasteiger partial charge is 0.480 e. The number of carbonyl (C=O) groups is 1. The Morgan fingerprint density at radius 2 is 2.12 bits per heavy atom. The standard InChI is InChI=1S/C16H12BrN3O5/c1-24-16(21)10-2-4-14(13(6-10)20(22)23)25-9-12-8-19-7-11(17)3-5-15(19)18-12/h2-8H,9H2,1H3. The number of methoxy groups -OCH3 is 1. The molecule has 0 aliphatic carbocycles. The van der Waals surface area contributed by atoms with E-state index in [9.17, 15) is 14.9 Å². The van der Waals surface area contributed by atoms with Crippen molar-refractivity contribution < 1.29 is 19.2 Å². The highest BCUT2D eigenvalue weighted by Crippen LogP contribution is 2.29. The van der Waals surface area contributed by atoms with E-state index in [0.717, 1.165) is 16.2 Å². The van der Waals surface area contributed by atoms with Crippen molar-refractivity contribution in [3.05, 3.63) is 68.6 Å². The van der Waals surface area contributed by atoms with Crippen LogP contribution in [0.5, 0.6) is 5.75 Å². The topological polar surface area (TPSA) is 96.0 Å². The van der Waals surface area contributed by atoms with Crippen molar-refractivity contribution in [3.63, 3.8) is 0 Å². The normalized spacial score (nSPS) is 10.6. The van der Waals surface area contributed by atoms with Crippen LogP contribution in [0.2, 0.25) is 0 Å². The fraction of sp³-hybridized carbons (Fsp3) is 0.125. The molecule has 2 aromatic heterocycles. The van der Waals surface area contributed by atoms with Crippen molar-refractivity contribution in [2.24, 2.45) is 0 Å². The summed E-state index contributed by atoms with van der Waals surface area (Å²) in [6.07, 6.45) is 3.62. The van der Waals surface area contributed by atoms with Gasteiger partial charge in [0.15, 0.2) is 5.75 Å². The van der Waals surface area contributed by atoms with Gasteiger partial charge in [-0.3, -0.25) is 10.1 Å². The summed E-state index contributed by atoms with van der Waals surface area (Å²) in [5, 5.41) is 11.2. The van der Waals surface area contributed by atoms with Gasteiger partial charge in [-0.2, -0.15) is 0 Å². The minimum atomic E-state index is -0.652. The molecule has 0 saturated heterocycles. The maximum absolute atomic E-state index is 11.5. The molecule has 0 aliphatic heterocycles. The zero-order valence-electron chi connectivity index (χ0n) is 13.0. The molecule has 0 amide bonds. The lowest BCUT2D eigenvalue weighted by atomic mass is 10.2. The van der Waals surface area contributed by atoms with Crippen LogP contribution in [0, 0.1) is 10.1 Å². The van der Waals surface area contributed by atoms with Crippen LogP contribution in [0.25, 0.3) is 5.65 Å². The van der Waals surface area contributed by atoms with Gasteiger partial charge in [-0.1, -0.05) is 0 Å². The van der Waals surface area contributed by atoms with Crippen LogP contribution < -0.4 is 4.74 Å². The van der Waals surface area contributed by atoms with E-state index in [-0.39, 0.29) is 23.6 Å². The number of carbonyl (C=O) groups excluding carboxylic acids is 1. The van der Waals surface area contributed by atoms with Crippen LogP contribution in [0.3, 0.4) is 0 Å². The van der Waals surface area contributed by atoms with Gasteiger partial charge in [-0.05, 0) is 40.2 Å². The summed E-state index contributed by atoms with van der Waals surface area (Å²) in [6.45, 7) is 0.0533. The Labute approximate surface area is 150 Å². The Hall–Kier alpha value is -2.94. The summed E-state index contributed by atoms with van der Waals surface area (Å²) in [4.78, 5) is 26.5. The summed E-state index contributed by atoms with van der Waals surface area (Å²) in [5.74, 6) is -0.600. The van der Waals surface area contributed by atoms with Crippen LogP contribution in [-0.4, -0.2) is 27.4 Å². The first-order chi connectivity index (χ1) is 12.0. The van der Waals surface area contributed by atoms with Crippen molar-refractivity contribution in [2.45, 2.75) is 6.61 Å². The van der Waals surface area contributed by atoms with Crippen LogP contribution >= 0.6 is 15.9 Å². The number of rotatable bonds is 5. The molecule has 0 unspecified atom stereocenters. The van der Waals surface area contributed by atoms with Crippen LogP contribution in [-0.2, 0) is 11.3 Å². The summed E-state index contributed by atoms with van der Waals surface area (Å²) >= 11 is 3.37. The third-order valence-electron chi connectivity index (χ3n) is 3.42. The minimum absolute atomic E-state index is 0.0517. The fourth-order valence-corrected chi connectivity index (χ4v) is 2.62. The number of halogens is 1. The van der Waals surface area contributed by atoms with Gasteiger partial charge in [-0.25, -0.2) is 9.78 Å². The summed E-state index contributed by atoms with van der Waals surface area (Å²) in [6, 6.07) is 7.61. The molecule has 3 aromatic rings. The first-order valence-corrected chi connectivity index (χ1v) is 7.90. The van der Waals surface area contributed by atoms with Crippen LogP contribution in [0.1, 0.15) is 16.1 Å². The predicted molar refractivity (Wildman–Crippen MR) is 91.7 cm³/mol. The Kier molecular flexibility index (Phi) is 4.66. The number of nitro groups is 1. The Morgan fingerprint density at radius 3 is 2.84 bits per heavy atom. The molecule has 0 radical (unpaired) electrons. The van der Waals surface area contributed by atoms with E-state index < -0.39 is 10.9 Å². The highest BCUT2D eigenvalue weighted by atomic mass is 79.9. The van der Waals surface area contributed by atoms with Gasteiger partial charge in [0, 0.05) is 22.9 Å². The van der Waals surface area contributed by atoms with Gasteiger partial charge in [-0.15, -0.1) is 0 Å². The number of imidazole rings is 1. The molecule has 0 fully saturated rings. The zero-order chi connectivity index (χ0) is 18.0. The van der Waals surface area contributed by atoms with Crippen molar-refractivity contribution in [1.29, 1.82) is 0 Å². The highest BCUT2D eigenvalue weighted by Gasteiger charge is 2.19. The second-order valence-corrected chi connectivity index (χ2v) is 5.98. The molecule has 0 bridgehead atoms. The maximum Gasteiger partial charge on any atom is 0.338 e. The number of aromatic nitrogens is 2. The molecule has 1 aromatic carbocycles. The summed E-state index contributed by atoms with van der Waals surface area (Å²) in [5.41, 5.74) is 1.12. The highest BCUT2D eigenvalue weighted by molar-refractivity contribution is 9.10. The van der Waals surface area contributed by atoms with Gasteiger partial charge in [0.1, 0.15) is 12.3 Å². The Bertz CT molecular complexity index is 970. The average Bonchev–Trinajstić information content (AvgIpc) is 3.00. The molecular weight excluding hydrogens is 394 g/mol. The van der Waals surface area contributed by atoms with Crippen molar-refractivity contribution in [2.75, 3.05) is 7.11 Å². The predicted octanol–water partition coefficient (Wildman–Crippen LogP) is 3.37. The van der Waals surface area contributed by atoms with Crippen molar-refractivity contribution in [3.8, 4) is 5.75 Å². The van der Waals surface area contributed by atoms with Gasteiger partial charge < -0.3 is 13.9 Å². The molecule has 2 heterocycles. The number of pyridine rings is 1. The molecular formula is C16H12BrN3O5. The Balaban J connectivity index is 1.83. The first-order valence-electron chi connectivity index (χ1n) is 7.10. The molecule has 8 nitrogen and oxygen atoms in total. The number of nitrogens with zero attached hydrogens (tertiary/aromatic N) is 3. The average molecular weight is 406 g/mol. The maximum atomic E-state index is 11.5. The number of hydrogen-bond donors (Lipinski definition) is 0. The van der Waals surface area contributed by atoms with Gasteiger partial charge in [0.2, 0.25) is 0 Å². The number of benzene rings is 1. The monoisotopic (exact) mass is 405 g/mol. The smallest absolute Gasteiger partial charge is 0.338 e. The van der Waals surface area contributed by atoms with E-state index in [1.54, 1.807) is 6.20 Å². The molecule has 0 saturated carbocycles. The second-order valence-electron chi connectivity index (χ2n) is 5.06. The van der Waals surface area contributed by atoms with E-state index in [1.165, 1.54) is 19.2 Å². The molecule has 25 heavy (non-hydrogen) atoms. The quantitative estimate of drug-likeness (QED) is 0.366. The van der Waals surface area contributed by atoms with Crippen molar-refractivity contribution >= 4 is 33.2 Å². The first kappa shape index (κ1) is 16.9. The lowest BCUT2D eigenvalue weighted by Crippen LogP contribution is -2.04. The van der Waals surface area contributed by atoms with Gasteiger partial charge in [0.25, 0.3) is 0 Å². The molecule has 0 atom stereocenters. The van der Waals surface area contributed by atoms with Gasteiger partial charge in [0.05, 0.1) is 23.3 Å². The lowest BCUT2D eigenvalue weighted by Gasteiger charge is -2.06. The Morgan fingerprint density at radius 1 is 1.32 bits per heavy atom. The minimum Gasteiger partial charge on any atom is -0.480 e. The second kappa shape index (κ2) is 6.89. The zero-order valence-corrected chi connectivity index (χ0v) is 14.6. The molecule has 0 N–H and O–H groups in total. The van der Waals surface area contributed by atoms with Crippen molar-refractivity contribution in [1.82, 2.24) is 9.38 Å². The van der Waals surface area contributed by atoms with E-state index in [0.29, 0.717) is 5.69 Å². The third-order valence-corrected chi connectivity index (χ3v) is 3.89. The molecule has 0 aliphatic rings. The summed E-state index contributed by atoms with van der Waals surface area (Å²) in [7, 11) is 1.21. The van der Waals surface area contributed by atoms with Crippen LogP contribution in [0.15, 0.2) is 47.2 Å². The molecule has 128 valence electrons. The SMILES string of the molecule is COC(=O)c1ccc(OCc2cn3cc(Br)ccc3n2)c([N+](=O)[O-])c1. The summed E-state index contributed by atoms with van der Waals surface area (Å²) < 4.78 is 12.8. The number of ether oxygens (including phenoxy) is 2.